The lowest BCUT2D eigenvalue weighted by molar-refractivity contribution is 0.0557. The normalized spacial score (nSPS) is 14.0. The summed E-state index contributed by atoms with van der Waals surface area (Å²) in [6.45, 7) is 0.396. The highest BCUT2D eigenvalue weighted by Gasteiger charge is 2.42. The summed E-state index contributed by atoms with van der Waals surface area (Å²) in [5, 5.41) is 0.998. The van der Waals surface area contributed by atoms with Crippen molar-refractivity contribution in [3.05, 3.63) is 114 Å². The minimum absolute atomic E-state index is 0.312. The Morgan fingerprint density at radius 3 is 2.25 bits per heavy atom. The summed E-state index contributed by atoms with van der Waals surface area (Å²) in [5.74, 6) is 0.193. The van der Waals surface area contributed by atoms with Crippen LogP contribution in [0.3, 0.4) is 0 Å². The number of nitrogens with zero attached hydrogens (tertiary/aromatic N) is 3. The zero-order valence-electron chi connectivity index (χ0n) is 19.6. The van der Waals surface area contributed by atoms with Crippen LogP contribution in [0.5, 0.6) is 0 Å². The minimum atomic E-state index is -0.694. The predicted molar refractivity (Wildman–Crippen MR) is 134 cm³/mol. The predicted octanol–water partition coefficient (Wildman–Crippen LogP) is 5.48. The molecular weight excluding hydrogens is 454 g/mol. The van der Waals surface area contributed by atoms with Crippen LogP contribution in [0.15, 0.2) is 95.7 Å². The van der Waals surface area contributed by atoms with E-state index in [1.54, 1.807) is 37.6 Å². The van der Waals surface area contributed by atoms with E-state index >= 15 is 0 Å². The zero-order chi connectivity index (χ0) is 24.6. The first-order chi connectivity index (χ1) is 17.7. The smallest absolute Gasteiger partial charge is 0.262 e. The van der Waals surface area contributed by atoms with Crippen molar-refractivity contribution in [1.29, 1.82) is 0 Å². The van der Waals surface area contributed by atoms with Crippen molar-refractivity contribution in [3.63, 3.8) is 0 Å². The number of amides is 2. The molecule has 0 saturated heterocycles. The van der Waals surface area contributed by atoms with Gasteiger partial charge in [0, 0.05) is 30.7 Å². The van der Waals surface area contributed by atoms with Crippen molar-refractivity contribution in [2.75, 3.05) is 7.11 Å². The molecule has 1 atom stereocenters. The molecule has 0 saturated carbocycles. The molecule has 0 radical (unpaired) electrons. The summed E-state index contributed by atoms with van der Waals surface area (Å²) in [5.41, 5.74) is 3.64. The molecule has 0 bridgehead atoms. The molecule has 2 amide bonds. The van der Waals surface area contributed by atoms with Gasteiger partial charge < -0.3 is 13.7 Å². The van der Waals surface area contributed by atoms with E-state index in [9.17, 15) is 9.59 Å². The molecule has 2 aromatic heterocycles. The van der Waals surface area contributed by atoms with E-state index in [0.717, 1.165) is 22.0 Å². The Morgan fingerprint density at radius 2 is 1.53 bits per heavy atom. The minimum Gasteiger partial charge on any atom is -0.438 e. The fourth-order valence-corrected chi connectivity index (χ4v) is 4.87. The monoisotopic (exact) mass is 477 g/mol. The third-order valence-corrected chi connectivity index (χ3v) is 6.54. The van der Waals surface area contributed by atoms with Crippen molar-refractivity contribution in [3.8, 4) is 11.3 Å². The molecule has 0 aliphatic carbocycles. The van der Waals surface area contributed by atoms with Crippen LogP contribution in [0.4, 0.5) is 0 Å². The summed E-state index contributed by atoms with van der Waals surface area (Å²) >= 11 is 0. The van der Waals surface area contributed by atoms with E-state index in [2.05, 4.69) is 4.98 Å². The Kier molecular flexibility index (Phi) is 5.47. The Bertz CT molecular complexity index is 1550. The third kappa shape index (κ3) is 3.61. The fourth-order valence-electron chi connectivity index (χ4n) is 4.87. The van der Waals surface area contributed by atoms with Crippen molar-refractivity contribution >= 4 is 22.7 Å². The van der Waals surface area contributed by atoms with Crippen LogP contribution in [-0.4, -0.2) is 33.4 Å². The SMILES string of the molecule is COCn1cc(-c2cnc([C@H](Cc3ccccc3)N3C(=O)c4ccccc4C3=O)o2)c2ccccc21. The van der Waals surface area contributed by atoms with E-state index in [-0.39, 0.29) is 11.8 Å². The van der Waals surface area contributed by atoms with Gasteiger partial charge in [-0.3, -0.25) is 14.5 Å². The Balaban J connectivity index is 1.43. The number of oxazole rings is 1. The van der Waals surface area contributed by atoms with Gasteiger partial charge in [0.05, 0.1) is 22.8 Å². The van der Waals surface area contributed by atoms with Crippen LogP contribution in [0, 0.1) is 0 Å². The highest BCUT2D eigenvalue weighted by atomic mass is 16.5. The lowest BCUT2D eigenvalue weighted by Gasteiger charge is -2.23. The van der Waals surface area contributed by atoms with Crippen LogP contribution in [0.1, 0.15) is 38.2 Å². The van der Waals surface area contributed by atoms with Crippen LogP contribution in [-0.2, 0) is 17.9 Å². The van der Waals surface area contributed by atoms with Gasteiger partial charge in [-0.05, 0) is 23.8 Å². The molecule has 1 aliphatic heterocycles. The third-order valence-electron chi connectivity index (χ3n) is 6.54. The number of fused-ring (bicyclic) bond motifs is 2. The van der Waals surface area contributed by atoms with Gasteiger partial charge in [0.2, 0.25) is 5.89 Å². The maximum absolute atomic E-state index is 13.4. The first kappa shape index (κ1) is 22.0. The highest BCUT2D eigenvalue weighted by molar-refractivity contribution is 6.21. The molecule has 178 valence electrons. The number of carbonyl (C=O) groups excluding carboxylic acids is 2. The lowest BCUT2D eigenvalue weighted by atomic mass is 10.0. The second-order valence-corrected chi connectivity index (χ2v) is 8.74. The number of ether oxygens (including phenoxy) is 1. The largest absolute Gasteiger partial charge is 0.438 e. The molecule has 7 heteroatoms. The second-order valence-electron chi connectivity index (χ2n) is 8.74. The summed E-state index contributed by atoms with van der Waals surface area (Å²) in [4.78, 5) is 32.6. The first-order valence-corrected chi connectivity index (χ1v) is 11.7. The highest BCUT2D eigenvalue weighted by Crippen LogP contribution is 2.37. The molecule has 3 heterocycles. The van der Waals surface area contributed by atoms with Gasteiger partial charge in [0.15, 0.2) is 5.76 Å². The lowest BCUT2D eigenvalue weighted by Crippen LogP contribution is -2.35. The van der Waals surface area contributed by atoms with Gasteiger partial charge in [-0.2, -0.15) is 0 Å². The molecule has 3 aromatic carbocycles. The zero-order valence-corrected chi connectivity index (χ0v) is 19.6. The average molecular weight is 478 g/mol. The van der Waals surface area contributed by atoms with Crippen molar-refractivity contribution < 1.29 is 18.7 Å². The van der Waals surface area contributed by atoms with Crippen molar-refractivity contribution in [1.82, 2.24) is 14.5 Å². The van der Waals surface area contributed by atoms with E-state index in [1.807, 2.05) is 65.4 Å². The van der Waals surface area contributed by atoms with Gasteiger partial charge in [-0.1, -0.05) is 60.7 Å². The summed E-state index contributed by atoms with van der Waals surface area (Å²) in [6, 6.07) is 23.9. The molecule has 5 aromatic rings. The molecule has 1 aliphatic rings. The van der Waals surface area contributed by atoms with E-state index in [1.165, 1.54) is 4.90 Å². The number of hydrogen-bond donors (Lipinski definition) is 0. The molecule has 0 unspecified atom stereocenters. The topological polar surface area (TPSA) is 77.6 Å². The number of imide groups is 1. The molecule has 6 rings (SSSR count). The summed E-state index contributed by atoms with van der Waals surface area (Å²) in [7, 11) is 1.65. The van der Waals surface area contributed by atoms with Crippen LogP contribution in [0.2, 0.25) is 0 Å². The van der Waals surface area contributed by atoms with Crippen molar-refractivity contribution in [2.45, 2.75) is 19.2 Å². The first-order valence-electron chi connectivity index (χ1n) is 11.7. The van der Waals surface area contributed by atoms with E-state index in [4.69, 9.17) is 9.15 Å². The standard InChI is InChI=1S/C29H23N3O4/c1-35-18-31-17-23(20-11-7-8-14-24(20)31)26-16-30-27(36-26)25(15-19-9-3-2-4-10-19)32-28(33)21-12-5-6-13-22(21)29(32)34/h2-14,16-17,25H,15,18H2,1H3/t25-/m0/s1. The molecule has 0 N–H and O–H groups in total. The van der Waals surface area contributed by atoms with Crippen LogP contribution < -0.4 is 0 Å². The number of hydrogen-bond acceptors (Lipinski definition) is 5. The van der Waals surface area contributed by atoms with Crippen molar-refractivity contribution in [2.24, 2.45) is 0 Å². The van der Waals surface area contributed by atoms with E-state index in [0.29, 0.717) is 35.9 Å². The average Bonchev–Trinajstić information content (AvgIpc) is 3.60. The maximum Gasteiger partial charge on any atom is 0.262 e. The summed E-state index contributed by atoms with van der Waals surface area (Å²) in [6.07, 6.45) is 4.01. The van der Waals surface area contributed by atoms with Gasteiger partial charge in [-0.15, -0.1) is 0 Å². The van der Waals surface area contributed by atoms with Gasteiger partial charge in [0.1, 0.15) is 12.8 Å². The van der Waals surface area contributed by atoms with Gasteiger partial charge >= 0.3 is 0 Å². The van der Waals surface area contributed by atoms with Gasteiger partial charge in [0.25, 0.3) is 11.8 Å². The summed E-state index contributed by atoms with van der Waals surface area (Å²) < 4.78 is 13.7. The fraction of sp³-hybridized carbons (Fsp3) is 0.138. The number of rotatable bonds is 7. The number of methoxy groups -OCH3 is 1. The number of carbonyl (C=O) groups is 2. The Hall–Kier alpha value is -4.49. The molecule has 36 heavy (non-hydrogen) atoms. The molecule has 0 fully saturated rings. The Morgan fingerprint density at radius 1 is 0.861 bits per heavy atom. The number of benzene rings is 3. The Labute approximate surface area is 207 Å². The number of para-hydroxylation sites is 1. The van der Waals surface area contributed by atoms with Crippen LogP contribution in [0.25, 0.3) is 22.2 Å². The second kappa shape index (κ2) is 8.94. The van der Waals surface area contributed by atoms with E-state index < -0.39 is 6.04 Å². The quantitative estimate of drug-likeness (QED) is 0.290. The van der Waals surface area contributed by atoms with Gasteiger partial charge in [-0.25, -0.2) is 4.98 Å². The number of aromatic nitrogens is 2. The maximum atomic E-state index is 13.4. The molecule has 0 spiro atoms. The molecular formula is C29H23N3O4. The molecule has 7 nitrogen and oxygen atoms in total. The van der Waals surface area contributed by atoms with Crippen LogP contribution >= 0.6 is 0 Å².